The van der Waals surface area contributed by atoms with Gasteiger partial charge in [-0.15, -0.1) is 0 Å². The normalized spacial score (nSPS) is 12.8. The zero-order chi connectivity index (χ0) is 13.0. The van der Waals surface area contributed by atoms with E-state index in [4.69, 9.17) is 11.6 Å². The van der Waals surface area contributed by atoms with E-state index in [0.29, 0.717) is 12.3 Å². The zero-order valence-electron chi connectivity index (χ0n) is 10.1. The van der Waals surface area contributed by atoms with Crippen molar-refractivity contribution >= 4 is 33.3 Å². The number of nitrogens with zero attached hydrogens (tertiary/aromatic N) is 1. The fourth-order valence-corrected chi connectivity index (χ4v) is 2.43. The Balaban J connectivity index is 2.14. The van der Waals surface area contributed by atoms with Crippen LogP contribution in [0.4, 0.5) is 0 Å². The number of fused-ring (bicyclic) bond motifs is 1. The van der Waals surface area contributed by atoms with E-state index < -0.39 is 10.8 Å². The lowest BCUT2D eigenvalue weighted by Gasteiger charge is -2.08. The highest BCUT2D eigenvalue weighted by molar-refractivity contribution is 7.84. The van der Waals surface area contributed by atoms with Crippen LogP contribution in [0, 0.1) is 0 Å². The molecule has 18 heavy (non-hydrogen) atoms. The van der Waals surface area contributed by atoms with Crippen LogP contribution >= 0.6 is 11.6 Å². The summed E-state index contributed by atoms with van der Waals surface area (Å²) < 4.78 is 11.0. The largest absolute Gasteiger partial charge is 0.312 e. The van der Waals surface area contributed by atoms with Crippen molar-refractivity contribution in [1.29, 1.82) is 0 Å². The molecular weight excluding hydrogens is 268 g/mol. The third kappa shape index (κ3) is 3.28. The van der Waals surface area contributed by atoms with Crippen molar-refractivity contribution in [2.45, 2.75) is 6.54 Å². The van der Waals surface area contributed by atoms with Gasteiger partial charge in [0.1, 0.15) is 0 Å². The van der Waals surface area contributed by atoms with Gasteiger partial charge in [-0.25, -0.2) is 0 Å². The second-order valence-electron chi connectivity index (χ2n) is 4.06. The molecule has 1 unspecified atom stereocenters. The van der Waals surface area contributed by atoms with Gasteiger partial charge in [0.2, 0.25) is 0 Å². The molecule has 1 aromatic carbocycles. The first-order chi connectivity index (χ1) is 8.68. The van der Waals surface area contributed by atoms with Crippen molar-refractivity contribution in [3.05, 3.63) is 41.0 Å². The van der Waals surface area contributed by atoms with E-state index in [1.807, 2.05) is 24.3 Å². The Morgan fingerprint density at radius 2 is 2.22 bits per heavy atom. The molecule has 0 aliphatic carbocycles. The summed E-state index contributed by atoms with van der Waals surface area (Å²) in [5, 5.41) is 4.96. The van der Waals surface area contributed by atoms with Gasteiger partial charge >= 0.3 is 0 Å². The van der Waals surface area contributed by atoms with Crippen LogP contribution in [0.5, 0.6) is 0 Å². The van der Waals surface area contributed by atoms with Crippen LogP contribution in [0.1, 0.15) is 5.56 Å². The number of hydrogen-bond acceptors (Lipinski definition) is 3. The Bertz CT molecular complexity index is 574. The minimum absolute atomic E-state index is 0.666. The van der Waals surface area contributed by atoms with Gasteiger partial charge < -0.3 is 5.32 Å². The molecular formula is C13H15ClN2OS. The van der Waals surface area contributed by atoms with E-state index in [-0.39, 0.29) is 0 Å². The van der Waals surface area contributed by atoms with E-state index in [1.165, 1.54) is 0 Å². The molecule has 0 aliphatic rings. The number of nitrogens with one attached hydrogen (secondary N) is 1. The molecule has 0 saturated carbocycles. The lowest BCUT2D eigenvalue weighted by molar-refractivity contribution is 0.677. The molecule has 5 heteroatoms. The first-order valence-corrected chi connectivity index (χ1v) is 7.82. The van der Waals surface area contributed by atoms with Gasteiger partial charge in [-0.2, -0.15) is 0 Å². The lowest BCUT2D eigenvalue weighted by atomic mass is 10.1. The molecule has 0 radical (unpaired) electrons. The van der Waals surface area contributed by atoms with Gasteiger partial charge in [0.25, 0.3) is 0 Å². The fourth-order valence-electron chi connectivity index (χ4n) is 1.78. The quantitative estimate of drug-likeness (QED) is 0.856. The average molecular weight is 283 g/mol. The highest BCUT2D eigenvalue weighted by Gasteiger charge is 2.05. The molecule has 0 fully saturated rings. The Hall–Kier alpha value is -0.970. The predicted molar refractivity (Wildman–Crippen MR) is 77.4 cm³/mol. The van der Waals surface area contributed by atoms with Gasteiger partial charge in [-0.1, -0.05) is 17.7 Å². The van der Waals surface area contributed by atoms with Crippen LogP contribution in [-0.2, 0) is 17.3 Å². The maximum absolute atomic E-state index is 11.0. The molecule has 96 valence electrons. The van der Waals surface area contributed by atoms with Gasteiger partial charge in [-0.3, -0.25) is 9.19 Å². The number of aromatic nitrogens is 1. The average Bonchev–Trinajstić information content (AvgIpc) is 2.37. The maximum atomic E-state index is 11.0. The molecule has 1 atom stereocenters. The minimum Gasteiger partial charge on any atom is -0.312 e. The number of halogens is 1. The fraction of sp³-hybridized carbons (Fsp3) is 0.308. The molecule has 2 aromatic rings. The van der Waals surface area contributed by atoms with Crippen LogP contribution in [0.3, 0.4) is 0 Å². The Kier molecular flexibility index (Phi) is 4.69. The third-order valence-electron chi connectivity index (χ3n) is 2.68. The van der Waals surface area contributed by atoms with Gasteiger partial charge in [0.15, 0.2) is 0 Å². The van der Waals surface area contributed by atoms with Crippen LogP contribution < -0.4 is 5.32 Å². The van der Waals surface area contributed by atoms with Crippen LogP contribution in [0.15, 0.2) is 30.5 Å². The predicted octanol–water partition coefficient (Wildman–Crippen LogP) is 2.36. The van der Waals surface area contributed by atoms with Crippen LogP contribution in [-0.4, -0.2) is 27.7 Å². The maximum Gasteiger partial charge on any atom is 0.0761 e. The van der Waals surface area contributed by atoms with Gasteiger partial charge in [-0.05, 0) is 23.8 Å². The monoisotopic (exact) mass is 282 g/mol. The lowest BCUT2D eigenvalue weighted by Crippen LogP contribution is -2.19. The molecule has 0 aliphatic heterocycles. The molecule has 0 bridgehead atoms. The Morgan fingerprint density at radius 3 is 3.00 bits per heavy atom. The van der Waals surface area contributed by atoms with Crippen molar-refractivity contribution in [2.75, 3.05) is 18.6 Å². The zero-order valence-corrected chi connectivity index (χ0v) is 11.7. The first-order valence-electron chi connectivity index (χ1n) is 5.71. The van der Waals surface area contributed by atoms with Crippen molar-refractivity contribution in [3.63, 3.8) is 0 Å². The van der Waals surface area contributed by atoms with E-state index >= 15 is 0 Å². The van der Waals surface area contributed by atoms with Crippen LogP contribution in [0.2, 0.25) is 5.02 Å². The summed E-state index contributed by atoms with van der Waals surface area (Å²) >= 11 is 6.13. The second-order valence-corrected chi connectivity index (χ2v) is 6.02. The Labute approximate surface area is 114 Å². The minimum atomic E-state index is -0.753. The molecule has 2 rings (SSSR count). The standard InChI is InChI=1S/C13H15ClN2OS/c1-18(17)8-7-15-9-10-4-5-12(14)11-3-2-6-16-13(10)11/h2-6,15H,7-9H2,1H3. The molecule has 3 nitrogen and oxygen atoms in total. The van der Waals surface area contributed by atoms with E-state index in [9.17, 15) is 4.21 Å². The van der Waals surface area contributed by atoms with E-state index in [0.717, 1.165) is 28.0 Å². The van der Waals surface area contributed by atoms with Crippen molar-refractivity contribution in [2.24, 2.45) is 0 Å². The second kappa shape index (κ2) is 6.27. The summed E-state index contributed by atoms with van der Waals surface area (Å²) in [6.07, 6.45) is 3.48. The topological polar surface area (TPSA) is 42.0 Å². The number of rotatable bonds is 5. The summed E-state index contributed by atoms with van der Waals surface area (Å²) in [5.41, 5.74) is 2.03. The van der Waals surface area contributed by atoms with Crippen molar-refractivity contribution in [3.8, 4) is 0 Å². The molecule has 0 spiro atoms. The Morgan fingerprint density at radius 1 is 1.39 bits per heavy atom. The molecule has 0 amide bonds. The van der Waals surface area contributed by atoms with Gasteiger partial charge in [0.05, 0.1) is 5.52 Å². The molecule has 0 saturated heterocycles. The smallest absolute Gasteiger partial charge is 0.0761 e. The van der Waals surface area contributed by atoms with Crippen LogP contribution in [0.25, 0.3) is 10.9 Å². The van der Waals surface area contributed by atoms with E-state index in [2.05, 4.69) is 10.3 Å². The highest BCUT2D eigenvalue weighted by Crippen LogP contribution is 2.24. The van der Waals surface area contributed by atoms with Crippen molar-refractivity contribution in [1.82, 2.24) is 10.3 Å². The summed E-state index contributed by atoms with van der Waals surface area (Å²) in [5.74, 6) is 0.666. The van der Waals surface area contributed by atoms with E-state index in [1.54, 1.807) is 12.5 Å². The number of pyridine rings is 1. The summed E-state index contributed by atoms with van der Waals surface area (Å²) in [7, 11) is -0.753. The summed E-state index contributed by atoms with van der Waals surface area (Å²) in [4.78, 5) is 4.37. The molecule has 1 aromatic heterocycles. The highest BCUT2D eigenvalue weighted by atomic mass is 35.5. The molecule has 1 heterocycles. The first kappa shape index (κ1) is 13.5. The van der Waals surface area contributed by atoms with Crippen molar-refractivity contribution < 1.29 is 4.21 Å². The summed E-state index contributed by atoms with van der Waals surface area (Å²) in [6.45, 7) is 1.45. The third-order valence-corrected chi connectivity index (χ3v) is 3.79. The number of benzene rings is 1. The SMILES string of the molecule is CS(=O)CCNCc1ccc(Cl)c2cccnc12. The number of hydrogen-bond donors (Lipinski definition) is 1. The molecule has 1 N–H and O–H groups in total. The summed E-state index contributed by atoms with van der Waals surface area (Å²) in [6, 6.07) is 7.72. The van der Waals surface area contributed by atoms with Gasteiger partial charge in [0, 0.05) is 52.5 Å².